The summed E-state index contributed by atoms with van der Waals surface area (Å²) < 4.78 is 0. The molecule has 1 aliphatic heterocycles. The average Bonchev–Trinajstić information content (AvgIpc) is 2.72. The molecule has 104 valence electrons. The summed E-state index contributed by atoms with van der Waals surface area (Å²) in [6.45, 7) is 2.64. The summed E-state index contributed by atoms with van der Waals surface area (Å²) in [4.78, 5) is 25.8. The third-order valence-electron chi connectivity index (χ3n) is 3.05. The van der Waals surface area contributed by atoms with E-state index in [0.717, 1.165) is 0 Å². The molecule has 7 nitrogen and oxygen atoms in total. The first-order chi connectivity index (χ1) is 8.51. The highest BCUT2D eigenvalue weighted by Gasteiger charge is 2.40. The van der Waals surface area contributed by atoms with Crippen LogP contribution in [0.2, 0.25) is 0 Å². The highest BCUT2D eigenvalue weighted by atomic mass is 16.4. The SMILES string of the molecule is CCN(CCCO)C(=O)N1C[C@@H](O)C[C@H]1C(=O)O. The zero-order valence-electron chi connectivity index (χ0n) is 10.4. The second kappa shape index (κ2) is 6.55. The Kier molecular flexibility index (Phi) is 5.36. The van der Waals surface area contributed by atoms with Crippen LogP contribution in [0.3, 0.4) is 0 Å². The Morgan fingerprint density at radius 3 is 2.61 bits per heavy atom. The van der Waals surface area contributed by atoms with Crippen LogP contribution in [-0.2, 0) is 4.79 Å². The first-order valence-electron chi connectivity index (χ1n) is 6.08. The number of hydrogen-bond acceptors (Lipinski definition) is 4. The normalized spacial score (nSPS) is 23.2. The number of hydrogen-bond donors (Lipinski definition) is 3. The number of aliphatic hydroxyl groups is 2. The maximum Gasteiger partial charge on any atom is 0.326 e. The molecule has 1 rings (SSSR count). The van der Waals surface area contributed by atoms with Crippen molar-refractivity contribution in [2.24, 2.45) is 0 Å². The molecule has 1 aliphatic rings. The van der Waals surface area contributed by atoms with Crippen molar-refractivity contribution < 1.29 is 24.9 Å². The van der Waals surface area contributed by atoms with E-state index in [0.29, 0.717) is 19.5 Å². The van der Waals surface area contributed by atoms with Crippen molar-refractivity contribution in [2.75, 3.05) is 26.2 Å². The highest BCUT2D eigenvalue weighted by Crippen LogP contribution is 2.20. The van der Waals surface area contributed by atoms with Gasteiger partial charge in [-0.25, -0.2) is 9.59 Å². The Hall–Kier alpha value is -1.34. The van der Waals surface area contributed by atoms with Crippen LogP contribution < -0.4 is 0 Å². The van der Waals surface area contributed by atoms with Crippen LogP contribution in [0.15, 0.2) is 0 Å². The lowest BCUT2D eigenvalue weighted by atomic mass is 10.2. The predicted octanol–water partition coefficient (Wildman–Crippen LogP) is -0.669. The first kappa shape index (κ1) is 14.7. The molecule has 0 bridgehead atoms. The second-order valence-corrected chi connectivity index (χ2v) is 4.34. The monoisotopic (exact) mass is 260 g/mol. The third-order valence-corrected chi connectivity index (χ3v) is 3.05. The zero-order valence-corrected chi connectivity index (χ0v) is 10.4. The molecule has 18 heavy (non-hydrogen) atoms. The molecule has 0 unspecified atom stereocenters. The molecule has 0 spiro atoms. The lowest BCUT2D eigenvalue weighted by molar-refractivity contribution is -0.141. The van der Waals surface area contributed by atoms with Crippen LogP contribution in [0.25, 0.3) is 0 Å². The Bertz CT molecular complexity index is 310. The van der Waals surface area contributed by atoms with E-state index in [-0.39, 0.29) is 19.6 Å². The molecule has 2 amide bonds. The number of carbonyl (C=O) groups is 2. The van der Waals surface area contributed by atoms with Crippen LogP contribution >= 0.6 is 0 Å². The van der Waals surface area contributed by atoms with E-state index in [1.54, 1.807) is 6.92 Å². The molecule has 0 saturated carbocycles. The molecule has 0 aromatic rings. The topological polar surface area (TPSA) is 101 Å². The van der Waals surface area contributed by atoms with Crippen LogP contribution in [-0.4, -0.2) is 75.5 Å². The van der Waals surface area contributed by atoms with Gasteiger partial charge in [0.2, 0.25) is 0 Å². The Labute approximate surface area is 106 Å². The molecular formula is C11H20N2O5. The van der Waals surface area contributed by atoms with Crippen molar-refractivity contribution in [2.45, 2.75) is 31.9 Å². The van der Waals surface area contributed by atoms with Crippen molar-refractivity contribution in [1.82, 2.24) is 9.80 Å². The van der Waals surface area contributed by atoms with Crippen molar-refractivity contribution >= 4 is 12.0 Å². The number of amides is 2. The summed E-state index contributed by atoms with van der Waals surface area (Å²) in [6.07, 6.45) is -0.265. The van der Waals surface area contributed by atoms with E-state index in [1.165, 1.54) is 9.80 Å². The minimum atomic E-state index is -1.10. The van der Waals surface area contributed by atoms with Gasteiger partial charge in [0, 0.05) is 32.7 Å². The molecule has 3 N–H and O–H groups in total. The van der Waals surface area contributed by atoms with Gasteiger partial charge in [0.05, 0.1) is 6.10 Å². The lowest BCUT2D eigenvalue weighted by Crippen LogP contribution is -2.48. The fourth-order valence-electron chi connectivity index (χ4n) is 2.09. The molecule has 1 heterocycles. The molecule has 0 aliphatic carbocycles. The largest absolute Gasteiger partial charge is 0.480 e. The van der Waals surface area contributed by atoms with Gasteiger partial charge in [-0.15, -0.1) is 0 Å². The number of aliphatic hydroxyl groups excluding tert-OH is 2. The van der Waals surface area contributed by atoms with Crippen LogP contribution in [0.5, 0.6) is 0 Å². The Balaban J connectivity index is 2.70. The van der Waals surface area contributed by atoms with Crippen molar-refractivity contribution in [3.63, 3.8) is 0 Å². The predicted molar refractivity (Wildman–Crippen MR) is 63.1 cm³/mol. The quantitative estimate of drug-likeness (QED) is 0.608. The fraction of sp³-hybridized carbons (Fsp3) is 0.818. The number of β-amino-alcohol motifs (C(OH)–C–C–N with tert-alkyl or cyclic N) is 1. The van der Waals surface area contributed by atoms with Crippen molar-refractivity contribution in [3.8, 4) is 0 Å². The second-order valence-electron chi connectivity index (χ2n) is 4.34. The molecule has 0 aromatic carbocycles. The van der Waals surface area contributed by atoms with Gasteiger partial charge in [-0.2, -0.15) is 0 Å². The summed E-state index contributed by atoms with van der Waals surface area (Å²) in [7, 11) is 0. The van der Waals surface area contributed by atoms with E-state index in [9.17, 15) is 14.7 Å². The molecule has 0 aromatic heterocycles. The molecule has 1 fully saturated rings. The summed E-state index contributed by atoms with van der Waals surface area (Å²) in [5, 5.41) is 27.3. The van der Waals surface area contributed by atoms with Crippen LogP contribution in [0.1, 0.15) is 19.8 Å². The van der Waals surface area contributed by atoms with Gasteiger partial charge in [-0.05, 0) is 13.3 Å². The Morgan fingerprint density at radius 1 is 1.44 bits per heavy atom. The number of carboxylic acids is 1. The van der Waals surface area contributed by atoms with Gasteiger partial charge in [-0.3, -0.25) is 0 Å². The van der Waals surface area contributed by atoms with Gasteiger partial charge in [-0.1, -0.05) is 0 Å². The molecule has 1 saturated heterocycles. The summed E-state index contributed by atoms with van der Waals surface area (Å²) >= 11 is 0. The van der Waals surface area contributed by atoms with Gasteiger partial charge in [0.25, 0.3) is 0 Å². The lowest BCUT2D eigenvalue weighted by Gasteiger charge is -2.29. The third kappa shape index (κ3) is 3.33. The van der Waals surface area contributed by atoms with Crippen LogP contribution in [0.4, 0.5) is 4.79 Å². The molecule has 0 radical (unpaired) electrons. The number of carboxylic acid groups (broad SMARTS) is 1. The number of aliphatic carboxylic acids is 1. The fourth-order valence-corrected chi connectivity index (χ4v) is 2.09. The molecule has 7 heteroatoms. The molecular weight excluding hydrogens is 240 g/mol. The van der Waals surface area contributed by atoms with Gasteiger partial charge >= 0.3 is 12.0 Å². The summed E-state index contributed by atoms with van der Waals surface area (Å²) in [5.41, 5.74) is 0. The van der Waals surface area contributed by atoms with Crippen molar-refractivity contribution in [1.29, 1.82) is 0 Å². The number of urea groups is 1. The summed E-state index contributed by atoms with van der Waals surface area (Å²) in [6, 6.07) is -1.36. The Morgan fingerprint density at radius 2 is 2.11 bits per heavy atom. The number of carbonyl (C=O) groups excluding carboxylic acids is 1. The smallest absolute Gasteiger partial charge is 0.326 e. The first-order valence-corrected chi connectivity index (χ1v) is 6.08. The minimum absolute atomic E-state index is 0.0191. The molecule has 2 atom stereocenters. The average molecular weight is 260 g/mol. The maximum absolute atomic E-state index is 12.1. The number of nitrogens with zero attached hydrogens (tertiary/aromatic N) is 2. The van der Waals surface area contributed by atoms with Gasteiger partial charge in [0.15, 0.2) is 0 Å². The van der Waals surface area contributed by atoms with Gasteiger partial charge in [0.1, 0.15) is 6.04 Å². The number of likely N-dealkylation sites (tertiary alicyclic amines) is 1. The summed E-state index contributed by atoms with van der Waals surface area (Å²) in [5.74, 6) is -1.10. The van der Waals surface area contributed by atoms with E-state index in [4.69, 9.17) is 10.2 Å². The van der Waals surface area contributed by atoms with Crippen LogP contribution in [0, 0.1) is 0 Å². The van der Waals surface area contributed by atoms with E-state index in [2.05, 4.69) is 0 Å². The maximum atomic E-state index is 12.1. The van der Waals surface area contributed by atoms with Crippen molar-refractivity contribution in [3.05, 3.63) is 0 Å². The zero-order chi connectivity index (χ0) is 13.7. The van der Waals surface area contributed by atoms with E-state index < -0.39 is 24.1 Å². The van der Waals surface area contributed by atoms with Gasteiger partial charge < -0.3 is 25.1 Å². The number of rotatable bonds is 5. The van der Waals surface area contributed by atoms with E-state index in [1.807, 2.05) is 0 Å². The highest BCUT2D eigenvalue weighted by molar-refractivity contribution is 5.83. The standard InChI is InChI=1S/C11H20N2O5/c1-2-12(4-3-5-14)11(18)13-7-8(15)6-9(13)10(16)17/h8-9,14-15H,2-7H2,1H3,(H,16,17)/t8-,9-/m0/s1. The van der Waals surface area contributed by atoms with E-state index >= 15 is 0 Å². The minimum Gasteiger partial charge on any atom is -0.480 e.